The zero-order valence-corrected chi connectivity index (χ0v) is 12.2. The van der Waals surface area contributed by atoms with Crippen molar-refractivity contribution in [2.45, 2.75) is 25.7 Å². The minimum absolute atomic E-state index is 0.280. The fraction of sp³-hybridized carbons (Fsp3) is 1.00. The Hall–Kier alpha value is 0.220. The molecule has 1 aliphatic rings. The summed E-state index contributed by atoms with van der Waals surface area (Å²) in [5, 5.41) is 3.25. The average Bonchev–Trinajstić information content (AvgIpc) is 2.29. The van der Waals surface area contributed by atoms with E-state index < -0.39 is 10.0 Å². The van der Waals surface area contributed by atoms with Gasteiger partial charge in [0.25, 0.3) is 0 Å². The molecule has 0 saturated carbocycles. The number of sulfonamides is 1. The minimum atomic E-state index is -3.07. The van der Waals surface area contributed by atoms with Crippen LogP contribution in [0.4, 0.5) is 0 Å². The van der Waals surface area contributed by atoms with Crippen LogP contribution in [0.2, 0.25) is 0 Å². The van der Waals surface area contributed by atoms with Gasteiger partial charge in [0.2, 0.25) is 10.0 Å². The van der Waals surface area contributed by atoms with Crippen molar-refractivity contribution in [1.82, 2.24) is 10.0 Å². The number of piperidine rings is 1. The molecule has 6 heteroatoms. The molecule has 0 spiro atoms. The molecule has 17 heavy (non-hydrogen) atoms. The lowest BCUT2D eigenvalue weighted by Crippen LogP contribution is -2.37. The maximum Gasteiger partial charge on any atom is 0.211 e. The Balaban J connectivity index is 2.16. The van der Waals surface area contributed by atoms with Crippen LogP contribution in [-0.2, 0) is 10.0 Å². The number of hydrogen-bond acceptors (Lipinski definition) is 4. The van der Waals surface area contributed by atoms with Gasteiger partial charge in [-0.25, -0.2) is 13.1 Å². The third-order valence-electron chi connectivity index (χ3n) is 2.95. The van der Waals surface area contributed by atoms with Crippen LogP contribution in [0.1, 0.15) is 25.7 Å². The van der Waals surface area contributed by atoms with Crippen molar-refractivity contribution in [3.8, 4) is 0 Å². The lowest BCUT2D eigenvalue weighted by molar-refractivity contribution is 0.402. The van der Waals surface area contributed by atoms with E-state index in [9.17, 15) is 8.42 Å². The normalized spacial score (nSPS) is 21.6. The Kier molecular flexibility index (Phi) is 7.50. The number of nitrogens with one attached hydrogen (secondary N) is 2. The van der Waals surface area contributed by atoms with E-state index in [2.05, 4.69) is 16.3 Å². The van der Waals surface area contributed by atoms with E-state index >= 15 is 0 Å². The summed E-state index contributed by atoms with van der Waals surface area (Å²) in [6.07, 6.45) is 6.20. The zero-order chi connectivity index (χ0) is 12.6. The number of unbranched alkanes of at least 4 members (excludes halogenated alkanes) is 1. The summed E-state index contributed by atoms with van der Waals surface area (Å²) < 4.78 is 26.3. The molecule has 1 atom stereocenters. The van der Waals surface area contributed by atoms with Crippen LogP contribution >= 0.6 is 11.8 Å². The van der Waals surface area contributed by atoms with E-state index in [1.807, 2.05) is 0 Å². The lowest BCUT2D eigenvalue weighted by atomic mass is 10.0. The molecule has 0 aromatic rings. The highest BCUT2D eigenvalue weighted by Gasteiger charge is 2.20. The van der Waals surface area contributed by atoms with Crippen molar-refractivity contribution in [3.63, 3.8) is 0 Å². The Morgan fingerprint density at radius 2 is 2.24 bits per heavy atom. The molecule has 1 fully saturated rings. The monoisotopic (exact) mass is 280 g/mol. The Morgan fingerprint density at radius 1 is 1.41 bits per heavy atom. The number of rotatable bonds is 8. The first-order valence-electron chi connectivity index (χ1n) is 6.31. The van der Waals surface area contributed by atoms with Crippen molar-refractivity contribution in [3.05, 3.63) is 0 Å². The molecule has 102 valence electrons. The van der Waals surface area contributed by atoms with E-state index in [1.165, 1.54) is 0 Å². The second-order valence-electron chi connectivity index (χ2n) is 4.59. The summed E-state index contributed by atoms with van der Waals surface area (Å²) in [6.45, 7) is 2.45. The highest BCUT2D eigenvalue weighted by Crippen LogP contribution is 2.11. The number of hydrogen-bond donors (Lipinski definition) is 2. The predicted octanol–water partition coefficient (Wildman–Crippen LogP) is 1.05. The van der Waals surface area contributed by atoms with Gasteiger partial charge in [-0.2, -0.15) is 11.8 Å². The van der Waals surface area contributed by atoms with Gasteiger partial charge in [0.15, 0.2) is 0 Å². The molecular weight excluding hydrogens is 256 g/mol. The second-order valence-corrected chi connectivity index (χ2v) is 7.43. The van der Waals surface area contributed by atoms with Crippen molar-refractivity contribution in [2.24, 2.45) is 5.92 Å². The van der Waals surface area contributed by atoms with Crippen LogP contribution in [0.25, 0.3) is 0 Å². The van der Waals surface area contributed by atoms with Gasteiger partial charge in [0, 0.05) is 6.54 Å². The summed E-state index contributed by atoms with van der Waals surface area (Å²) in [4.78, 5) is 0. The van der Waals surface area contributed by atoms with E-state index in [-0.39, 0.29) is 11.7 Å². The number of thioether (sulfide) groups is 1. The van der Waals surface area contributed by atoms with Gasteiger partial charge in [-0.05, 0) is 56.7 Å². The van der Waals surface area contributed by atoms with Crippen molar-refractivity contribution in [1.29, 1.82) is 0 Å². The van der Waals surface area contributed by atoms with Crippen LogP contribution in [0, 0.1) is 5.92 Å². The highest BCUT2D eigenvalue weighted by molar-refractivity contribution is 7.98. The van der Waals surface area contributed by atoms with Gasteiger partial charge in [0.05, 0.1) is 5.75 Å². The standard InChI is InChI=1S/C11H24N2O2S2/c1-16-8-3-2-7-13-17(14,15)10-11-5-4-6-12-9-11/h11-13H,2-10H2,1H3. The van der Waals surface area contributed by atoms with Crippen molar-refractivity contribution >= 4 is 21.8 Å². The molecule has 0 aliphatic carbocycles. The van der Waals surface area contributed by atoms with Crippen LogP contribution < -0.4 is 10.0 Å². The molecule has 0 radical (unpaired) electrons. The molecule has 0 amide bonds. The third kappa shape index (κ3) is 7.28. The van der Waals surface area contributed by atoms with Gasteiger partial charge in [-0.15, -0.1) is 0 Å². The largest absolute Gasteiger partial charge is 0.316 e. The van der Waals surface area contributed by atoms with Crippen molar-refractivity contribution in [2.75, 3.05) is 37.4 Å². The molecule has 4 nitrogen and oxygen atoms in total. The first kappa shape index (κ1) is 15.3. The van der Waals surface area contributed by atoms with E-state index in [1.54, 1.807) is 11.8 Å². The molecular formula is C11H24N2O2S2. The van der Waals surface area contributed by atoms with E-state index in [0.29, 0.717) is 6.54 Å². The van der Waals surface area contributed by atoms with Crippen LogP contribution in [0.5, 0.6) is 0 Å². The Labute approximate surface area is 109 Å². The summed E-state index contributed by atoms with van der Waals surface area (Å²) in [5.41, 5.74) is 0. The maximum absolute atomic E-state index is 11.8. The van der Waals surface area contributed by atoms with Gasteiger partial charge >= 0.3 is 0 Å². The second kappa shape index (κ2) is 8.34. The third-order valence-corrected chi connectivity index (χ3v) is 5.20. The molecule has 1 unspecified atom stereocenters. The smallest absolute Gasteiger partial charge is 0.211 e. The minimum Gasteiger partial charge on any atom is -0.316 e. The SMILES string of the molecule is CSCCCCNS(=O)(=O)CC1CCCNC1. The molecule has 1 saturated heterocycles. The summed E-state index contributed by atoms with van der Waals surface area (Å²) in [5.74, 6) is 1.67. The molecule has 0 aromatic carbocycles. The van der Waals surface area contributed by atoms with Gasteiger partial charge in [-0.3, -0.25) is 0 Å². The summed E-state index contributed by atoms with van der Waals surface area (Å²) in [7, 11) is -3.07. The molecule has 1 rings (SSSR count). The van der Waals surface area contributed by atoms with Gasteiger partial charge < -0.3 is 5.32 Å². The van der Waals surface area contributed by atoms with Crippen LogP contribution in [0.3, 0.4) is 0 Å². The molecule has 1 aliphatic heterocycles. The van der Waals surface area contributed by atoms with E-state index in [4.69, 9.17) is 0 Å². The Morgan fingerprint density at radius 3 is 2.88 bits per heavy atom. The molecule has 2 N–H and O–H groups in total. The fourth-order valence-electron chi connectivity index (χ4n) is 2.03. The van der Waals surface area contributed by atoms with Crippen LogP contribution in [-0.4, -0.2) is 45.8 Å². The van der Waals surface area contributed by atoms with Crippen molar-refractivity contribution < 1.29 is 8.42 Å². The summed E-state index contributed by atoms with van der Waals surface area (Å²) >= 11 is 1.80. The lowest BCUT2D eigenvalue weighted by Gasteiger charge is -2.22. The maximum atomic E-state index is 11.8. The first-order valence-corrected chi connectivity index (χ1v) is 9.35. The van der Waals surface area contributed by atoms with Gasteiger partial charge in [-0.1, -0.05) is 0 Å². The Bertz CT molecular complexity index is 288. The predicted molar refractivity (Wildman–Crippen MR) is 75.0 cm³/mol. The van der Waals surface area contributed by atoms with Crippen LogP contribution in [0.15, 0.2) is 0 Å². The quantitative estimate of drug-likeness (QED) is 0.653. The molecule has 0 bridgehead atoms. The summed E-state index contributed by atoms with van der Waals surface area (Å²) in [6, 6.07) is 0. The highest BCUT2D eigenvalue weighted by atomic mass is 32.2. The topological polar surface area (TPSA) is 58.2 Å². The zero-order valence-electron chi connectivity index (χ0n) is 10.6. The molecule has 1 heterocycles. The molecule has 0 aromatic heterocycles. The first-order chi connectivity index (χ1) is 8.14. The van der Waals surface area contributed by atoms with E-state index in [0.717, 1.165) is 44.5 Å². The van der Waals surface area contributed by atoms with Gasteiger partial charge in [0.1, 0.15) is 0 Å². The fourth-order valence-corrected chi connectivity index (χ4v) is 4.01. The average molecular weight is 280 g/mol.